The molecule has 1 amide bonds. The summed E-state index contributed by atoms with van der Waals surface area (Å²) in [5.41, 5.74) is 0.760. The number of carbonyl (C=O) groups is 1. The van der Waals surface area contributed by atoms with Gasteiger partial charge in [0.05, 0.1) is 11.6 Å². The molecule has 0 spiro atoms. The monoisotopic (exact) mass is 436 g/mol. The topological polar surface area (TPSA) is 43.8 Å². The standard InChI is InChI=1S/C23H24F4N2O2/c24-20-14-28(11-9-19(20)16-3-7-18(30)8-4-16)21-10-12-29(22(21)31)13-15-1-5-17(6-2-15)23(25,26)27/h1-8,19-21,30H,9-14H2/t19-,20+,21+/m0/s1. The van der Waals surface area contributed by atoms with Crippen molar-refractivity contribution in [1.29, 1.82) is 0 Å². The number of rotatable bonds is 4. The number of hydrogen-bond acceptors (Lipinski definition) is 3. The molecule has 166 valence electrons. The SMILES string of the molecule is O=C1[C@H](N2CC[C@@H](c3ccc(O)cc3)[C@H](F)C2)CCN1Cc1ccc(C(F)(F)F)cc1. The zero-order valence-corrected chi connectivity index (χ0v) is 16.9. The van der Waals surface area contributed by atoms with Crippen molar-refractivity contribution < 1.29 is 27.5 Å². The van der Waals surface area contributed by atoms with Crippen LogP contribution in [0, 0.1) is 0 Å². The summed E-state index contributed by atoms with van der Waals surface area (Å²) in [5, 5.41) is 9.42. The Kier molecular flexibility index (Phi) is 5.92. The first-order valence-electron chi connectivity index (χ1n) is 10.3. The number of likely N-dealkylation sites (tertiary alicyclic amines) is 2. The minimum absolute atomic E-state index is 0.102. The molecule has 4 nitrogen and oxygen atoms in total. The molecule has 0 bridgehead atoms. The maximum atomic E-state index is 14.9. The summed E-state index contributed by atoms with van der Waals surface area (Å²) < 4.78 is 53.1. The first kappa shape index (κ1) is 21.6. The molecule has 3 atom stereocenters. The summed E-state index contributed by atoms with van der Waals surface area (Å²) in [6.07, 6.45) is -4.34. The van der Waals surface area contributed by atoms with Crippen molar-refractivity contribution in [2.24, 2.45) is 0 Å². The van der Waals surface area contributed by atoms with Crippen molar-refractivity contribution in [3.63, 3.8) is 0 Å². The number of hydrogen-bond donors (Lipinski definition) is 1. The van der Waals surface area contributed by atoms with Crippen molar-refractivity contribution in [3.05, 3.63) is 65.2 Å². The summed E-state index contributed by atoms with van der Waals surface area (Å²) in [6, 6.07) is 11.0. The third-order valence-electron chi connectivity index (χ3n) is 6.26. The zero-order valence-electron chi connectivity index (χ0n) is 16.9. The molecular weight excluding hydrogens is 412 g/mol. The molecule has 0 aliphatic carbocycles. The van der Waals surface area contributed by atoms with Gasteiger partial charge in [0, 0.05) is 25.6 Å². The Morgan fingerprint density at radius 2 is 1.65 bits per heavy atom. The summed E-state index contributed by atoms with van der Waals surface area (Å²) in [4.78, 5) is 16.4. The Balaban J connectivity index is 1.35. The molecular formula is C23H24F4N2O2. The Hall–Kier alpha value is -2.61. The Morgan fingerprint density at radius 1 is 0.968 bits per heavy atom. The largest absolute Gasteiger partial charge is 0.508 e. The third-order valence-corrected chi connectivity index (χ3v) is 6.26. The van der Waals surface area contributed by atoms with Crippen LogP contribution in [0.3, 0.4) is 0 Å². The highest BCUT2D eigenvalue weighted by molar-refractivity contribution is 5.84. The van der Waals surface area contributed by atoms with Crippen LogP contribution in [0.1, 0.15) is 35.4 Å². The van der Waals surface area contributed by atoms with E-state index in [1.165, 1.54) is 12.1 Å². The second-order valence-electron chi connectivity index (χ2n) is 8.26. The van der Waals surface area contributed by atoms with Crippen LogP contribution < -0.4 is 0 Å². The lowest BCUT2D eigenvalue weighted by atomic mass is 9.87. The maximum absolute atomic E-state index is 14.9. The van der Waals surface area contributed by atoms with E-state index in [0.717, 1.165) is 17.7 Å². The van der Waals surface area contributed by atoms with Gasteiger partial charge in [-0.3, -0.25) is 9.69 Å². The molecule has 2 heterocycles. The summed E-state index contributed by atoms with van der Waals surface area (Å²) >= 11 is 0. The Bertz CT molecular complexity index is 915. The molecule has 0 saturated carbocycles. The molecule has 2 aliphatic heterocycles. The van der Waals surface area contributed by atoms with Gasteiger partial charge in [-0.15, -0.1) is 0 Å². The Morgan fingerprint density at radius 3 is 2.26 bits per heavy atom. The number of alkyl halides is 4. The van der Waals surface area contributed by atoms with Crippen LogP contribution in [-0.2, 0) is 17.5 Å². The van der Waals surface area contributed by atoms with Gasteiger partial charge in [0.2, 0.25) is 5.91 Å². The van der Waals surface area contributed by atoms with Gasteiger partial charge >= 0.3 is 6.18 Å². The third kappa shape index (κ3) is 4.69. The van der Waals surface area contributed by atoms with Gasteiger partial charge in [-0.25, -0.2) is 4.39 Å². The van der Waals surface area contributed by atoms with Crippen LogP contribution in [0.4, 0.5) is 17.6 Å². The number of halogens is 4. The quantitative estimate of drug-likeness (QED) is 0.726. The first-order valence-corrected chi connectivity index (χ1v) is 10.3. The number of phenols is 1. The lowest BCUT2D eigenvalue weighted by Crippen LogP contribution is -2.49. The van der Waals surface area contributed by atoms with E-state index in [1.807, 2.05) is 4.90 Å². The molecule has 0 aromatic heterocycles. The average molecular weight is 436 g/mol. The van der Waals surface area contributed by atoms with E-state index in [9.17, 15) is 27.5 Å². The van der Waals surface area contributed by atoms with Crippen LogP contribution >= 0.6 is 0 Å². The lowest BCUT2D eigenvalue weighted by Gasteiger charge is -2.37. The summed E-state index contributed by atoms with van der Waals surface area (Å²) in [6.45, 7) is 1.50. The second-order valence-corrected chi connectivity index (χ2v) is 8.26. The maximum Gasteiger partial charge on any atom is 0.416 e. The highest BCUT2D eigenvalue weighted by Gasteiger charge is 2.40. The predicted octanol–water partition coefficient (Wildman–Crippen LogP) is 4.34. The van der Waals surface area contributed by atoms with E-state index < -0.39 is 24.0 Å². The number of carbonyl (C=O) groups excluding carboxylic acids is 1. The molecule has 4 rings (SSSR count). The van der Waals surface area contributed by atoms with Crippen LogP contribution in [0.5, 0.6) is 5.75 Å². The van der Waals surface area contributed by atoms with Crippen molar-refractivity contribution in [2.75, 3.05) is 19.6 Å². The first-order chi connectivity index (χ1) is 14.7. The van der Waals surface area contributed by atoms with Crippen LogP contribution in [0.15, 0.2) is 48.5 Å². The average Bonchev–Trinajstić information content (AvgIpc) is 3.09. The number of phenolic OH excluding ortho intramolecular Hbond substituents is 1. The van der Waals surface area contributed by atoms with Crippen molar-refractivity contribution in [2.45, 2.75) is 43.7 Å². The smallest absolute Gasteiger partial charge is 0.416 e. The molecule has 0 radical (unpaired) electrons. The van der Waals surface area contributed by atoms with Crippen molar-refractivity contribution in [1.82, 2.24) is 9.80 Å². The van der Waals surface area contributed by atoms with Gasteiger partial charge in [0.1, 0.15) is 11.9 Å². The van der Waals surface area contributed by atoms with E-state index in [1.54, 1.807) is 29.2 Å². The van der Waals surface area contributed by atoms with E-state index in [0.29, 0.717) is 31.5 Å². The molecule has 2 aliphatic rings. The minimum atomic E-state index is -4.39. The molecule has 2 fully saturated rings. The molecule has 31 heavy (non-hydrogen) atoms. The second kappa shape index (κ2) is 8.49. The molecule has 2 aromatic rings. The summed E-state index contributed by atoms with van der Waals surface area (Å²) in [5.74, 6) is -0.229. The van der Waals surface area contributed by atoms with Crippen LogP contribution in [0.25, 0.3) is 0 Å². The number of piperidine rings is 1. The molecule has 2 saturated heterocycles. The van der Waals surface area contributed by atoms with Crippen molar-refractivity contribution >= 4 is 5.91 Å². The number of amides is 1. The van der Waals surface area contributed by atoms with Gasteiger partial charge in [-0.05, 0) is 54.8 Å². The van der Waals surface area contributed by atoms with E-state index in [-0.39, 0.29) is 30.7 Å². The zero-order chi connectivity index (χ0) is 22.2. The fourth-order valence-corrected chi connectivity index (χ4v) is 4.55. The summed E-state index contributed by atoms with van der Waals surface area (Å²) in [7, 11) is 0. The van der Waals surface area contributed by atoms with E-state index in [2.05, 4.69) is 0 Å². The number of nitrogens with zero attached hydrogens (tertiary/aromatic N) is 2. The Labute approximate surface area is 178 Å². The van der Waals surface area contributed by atoms with Gasteiger partial charge in [0.25, 0.3) is 0 Å². The molecule has 1 N–H and O–H groups in total. The minimum Gasteiger partial charge on any atom is -0.508 e. The van der Waals surface area contributed by atoms with Gasteiger partial charge in [0.15, 0.2) is 0 Å². The number of aromatic hydroxyl groups is 1. The fraction of sp³-hybridized carbons (Fsp3) is 0.435. The highest BCUT2D eigenvalue weighted by Crippen LogP contribution is 2.34. The normalized spacial score (nSPS) is 25.2. The highest BCUT2D eigenvalue weighted by atomic mass is 19.4. The van der Waals surface area contributed by atoms with E-state index >= 15 is 0 Å². The predicted molar refractivity (Wildman–Crippen MR) is 107 cm³/mol. The van der Waals surface area contributed by atoms with Gasteiger partial charge < -0.3 is 10.0 Å². The molecule has 2 aromatic carbocycles. The number of benzene rings is 2. The van der Waals surface area contributed by atoms with Gasteiger partial charge in [-0.1, -0.05) is 24.3 Å². The lowest BCUT2D eigenvalue weighted by molar-refractivity contribution is -0.137. The molecule has 8 heteroatoms. The van der Waals surface area contributed by atoms with Crippen LogP contribution in [0.2, 0.25) is 0 Å². The molecule has 0 unspecified atom stereocenters. The fourth-order valence-electron chi connectivity index (χ4n) is 4.55. The van der Waals surface area contributed by atoms with Crippen molar-refractivity contribution in [3.8, 4) is 5.75 Å². The van der Waals surface area contributed by atoms with Gasteiger partial charge in [-0.2, -0.15) is 13.2 Å². The van der Waals surface area contributed by atoms with E-state index in [4.69, 9.17) is 0 Å². The van der Waals surface area contributed by atoms with Crippen LogP contribution in [-0.4, -0.2) is 52.7 Å².